The maximum atomic E-state index is 13.2. The molecule has 5 amide bonds. The number of carboxylic acid groups (broad SMARTS) is 1. The van der Waals surface area contributed by atoms with E-state index in [1.165, 1.54) is 6.08 Å². The Morgan fingerprint density at radius 3 is 2.10 bits per heavy atom. The van der Waals surface area contributed by atoms with Crippen LogP contribution < -0.4 is 43.8 Å². The van der Waals surface area contributed by atoms with Gasteiger partial charge >= 0.3 is 5.97 Å². The minimum atomic E-state index is -1.22. The summed E-state index contributed by atoms with van der Waals surface area (Å²) in [6.07, 6.45) is 2.48. The first-order chi connectivity index (χ1) is 23.1. The number of amides is 5. The molecule has 0 aliphatic carbocycles. The van der Waals surface area contributed by atoms with Gasteiger partial charge in [0, 0.05) is 6.54 Å². The molecule has 0 aliphatic heterocycles. The standard InChI is InChI=1S/C33H53N9O7/c1-6-20(5)27(42-29(45)23(7-2)40-28(44)22(34)17-21-12-9-8-10-13-21)31(47)38-18-26(43)39-24(14-11-15-37-33(35)36)30(46)41-25(32(48)49)16-19(3)4/h7-10,12-13,19-20,22-25,27H,2,6,11,14-18,34H2,1,3-5H3,(H,38,47)(H,39,43)(H,40,44)(H,41,46)(H,42,45)(H,48,49)(H4,35,36,37)/t20-,22-,23?,24-,25-,27-/m0/s1. The lowest BCUT2D eigenvalue weighted by atomic mass is 9.97. The van der Waals surface area contributed by atoms with Crippen LogP contribution >= 0.6 is 0 Å². The lowest BCUT2D eigenvalue weighted by Crippen LogP contribution is -2.58. The predicted molar refractivity (Wildman–Crippen MR) is 186 cm³/mol. The largest absolute Gasteiger partial charge is 0.480 e. The van der Waals surface area contributed by atoms with Crippen molar-refractivity contribution < 1.29 is 33.9 Å². The lowest BCUT2D eigenvalue weighted by molar-refractivity contribution is -0.142. The fourth-order valence-electron chi connectivity index (χ4n) is 4.66. The Kier molecular flexibility index (Phi) is 18.7. The molecule has 0 heterocycles. The second-order valence-electron chi connectivity index (χ2n) is 12.2. The smallest absolute Gasteiger partial charge is 0.326 e. The number of aliphatic imine (C=N–C) groups is 1. The normalized spacial score (nSPS) is 14.5. The monoisotopic (exact) mass is 687 g/mol. The van der Waals surface area contributed by atoms with E-state index >= 15 is 0 Å². The summed E-state index contributed by atoms with van der Waals surface area (Å²) in [5.74, 6) is -5.18. The number of carboxylic acids is 1. The number of nitrogens with one attached hydrogen (secondary N) is 5. The molecule has 1 aromatic carbocycles. The van der Waals surface area contributed by atoms with Crippen LogP contribution in [0, 0.1) is 11.8 Å². The molecule has 49 heavy (non-hydrogen) atoms. The summed E-state index contributed by atoms with van der Waals surface area (Å²) >= 11 is 0. The van der Waals surface area contributed by atoms with Gasteiger partial charge < -0.3 is 48.9 Å². The van der Waals surface area contributed by atoms with E-state index in [0.717, 1.165) is 5.56 Å². The van der Waals surface area contributed by atoms with Crippen LogP contribution in [0.5, 0.6) is 0 Å². The molecule has 1 aromatic rings. The predicted octanol–water partition coefficient (Wildman–Crippen LogP) is -0.972. The molecule has 0 fully saturated rings. The fraction of sp³-hybridized carbons (Fsp3) is 0.545. The molecule has 0 saturated carbocycles. The molecule has 0 aliphatic rings. The van der Waals surface area contributed by atoms with E-state index in [-0.39, 0.29) is 50.0 Å². The van der Waals surface area contributed by atoms with Gasteiger partial charge in [0.25, 0.3) is 0 Å². The first kappa shape index (κ1) is 42.0. The maximum absolute atomic E-state index is 13.2. The number of rotatable bonds is 22. The minimum Gasteiger partial charge on any atom is -0.480 e. The summed E-state index contributed by atoms with van der Waals surface area (Å²) < 4.78 is 0. The molecular formula is C33H53N9O7. The summed E-state index contributed by atoms with van der Waals surface area (Å²) in [5.41, 5.74) is 17.6. The number of carbonyl (C=O) groups excluding carboxylic acids is 5. The second-order valence-corrected chi connectivity index (χ2v) is 12.2. The van der Waals surface area contributed by atoms with Crippen molar-refractivity contribution in [2.45, 2.75) is 90.0 Å². The van der Waals surface area contributed by atoms with E-state index in [9.17, 15) is 33.9 Å². The topological polar surface area (TPSA) is 273 Å². The van der Waals surface area contributed by atoms with E-state index in [2.05, 4.69) is 38.2 Å². The Morgan fingerprint density at radius 2 is 1.55 bits per heavy atom. The van der Waals surface area contributed by atoms with Gasteiger partial charge in [0.2, 0.25) is 29.5 Å². The molecule has 272 valence electrons. The van der Waals surface area contributed by atoms with Crippen LogP contribution in [0.15, 0.2) is 48.0 Å². The Balaban J connectivity index is 2.92. The molecule has 6 atom stereocenters. The van der Waals surface area contributed by atoms with Crippen LogP contribution in [-0.4, -0.2) is 89.9 Å². The van der Waals surface area contributed by atoms with Crippen molar-refractivity contribution in [2.24, 2.45) is 34.0 Å². The van der Waals surface area contributed by atoms with E-state index in [1.807, 2.05) is 51.1 Å². The van der Waals surface area contributed by atoms with E-state index in [1.54, 1.807) is 6.92 Å². The van der Waals surface area contributed by atoms with Gasteiger partial charge in [-0.1, -0.05) is 70.5 Å². The van der Waals surface area contributed by atoms with E-state index in [0.29, 0.717) is 6.42 Å². The number of nitrogens with zero attached hydrogens (tertiary/aromatic N) is 1. The highest BCUT2D eigenvalue weighted by Crippen LogP contribution is 2.10. The molecular weight excluding hydrogens is 634 g/mol. The van der Waals surface area contributed by atoms with Crippen molar-refractivity contribution in [3.63, 3.8) is 0 Å². The first-order valence-electron chi connectivity index (χ1n) is 16.3. The van der Waals surface area contributed by atoms with Crippen molar-refractivity contribution in [1.29, 1.82) is 0 Å². The average molecular weight is 688 g/mol. The zero-order valence-electron chi connectivity index (χ0n) is 28.7. The Labute approximate surface area is 287 Å². The van der Waals surface area contributed by atoms with Gasteiger partial charge in [0.05, 0.1) is 12.6 Å². The minimum absolute atomic E-state index is 0.0271. The van der Waals surface area contributed by atoms with Gasteiger partial charge in [-0.15, -0.1) is 6.58 Å². The third-order valence-electron chi connectivity index (χ3n) is 7.59. The summed E-state index contributed by atoms with van der Waals surface area (Å²) in [5, 5.41) is 22.2. The Morgan fingerprint density at radius 1 is 0.898 bits per heavy atom. The molecule has 0 bridgehead atoms. The molecule has 0 aromatic heterocycles. The number of carbonyl (C=O) groups is 6. The average Bonchev–Trinajstić information content (AvgIpc) is 3.05. The number of hydrogen-bond donors (Lipinski definition) is 9. The molecule has 0 spiro atoms. The van der Waals surface area contributed by atoms with E-state index in [4.69, 9.17) is 17.2 Å². The fourth-order valence-corrected chi connectivity index (χ4v) is 4.66. The Bertz CT molecular complexity index is 1300. The van der Waals surface area contributed by atoms with Gasteiger partial charge in [-0.25, -0.2) is 4.79 Å². The van der Waals surface area contributed by atoms with Crippen molar-refractivity contribution in [2.75, 3.05) is 13.1 Å². The number of hydrogen-bond acceptors (Lipinski definition) is 8. The Hall–Kier alpha value is -4.99. The summed E-state index contributed by atoms with van der Waals surface area (Å²) in [6.45, 7) is 10.4. The highest BCUT2D eigenvalue weighted by molar-refractivity contribution is 5.96. The molecule has 0 radical (unpaired) electrons. The first-order valence-corrected chi connectivity index (χ1v) is 16.3. The number of benzene rings is 1. The third kappa shape index (κ3) is 16.1. The molecule has 1 rings (SSSR count). The third-order valence-corrected chi connectivity index (χ3v) is 7.59. The SMILES string of the molecule is C=CC(NC(=O)[C@@H](N)Cc1ccccc1)C(=O)N[C@H](C(=O)NCC(=O)N[C@@H](CCCN=C(N)N)C(=O)N[C@@H](CC(C)C)C(=O)O)[C@@H](C)CC. The van der Waals surface area contributed by atoms with Crippen LogP contribution in [0.4, 0.5) is 0 Å². The number of guanidine groups is 1. The van der Waals surface area contributed by atoms with Gasteiger partial charge in [-0.3, -0.25) is 29.0 Å². The van der Waals surface area contributed by atoms with Crippen LogP contribution in [0.25, 0.3) is 0 Å². The molecule has 1 unspecified atom stereocenters. The van der Waals surface area contributed by atoms with Gasteiger partial charge in [0.15, 0.2) is 5.96 Å². The van der Waals surface area contributed by atoms with Crippen LogP contribution in [0.3, 0.4) is 0 Å². The summed E-state index contributed by atoms with van der Waals surface area (Å²) in [4.78, 5) is 80.6. The second kappa shape index (κ2) is 21.8. The van der Waals surface area contributed by atoms with Crippen molar-refractivity contribution in [3.8, 4) is 0 Å². The van der Waals surface area contributed by atoms with Gasteiger partial charge in [-0.2, -0.15) is 0 Å². The van der Waals surface area contributed by atoms with Gasteiger partial charge in [-0.05, 0) is 43.1 Å². The van der Waals surface area contributed by atoms with E-state index < -0.39 is 72.3 Å². The van der Waals surface area contributed by atoms with Crippen LogP contribution in [-0.2, 0) is 35.2 Å². The van der Waals surface area contributed by atoms with Crippen molar-refractivity contribution in [1.82, 2.24) is 26.6 Å². The number of nitrogens with two attached hydrogens (primary N) is 3. The van der Waals surface area contributed by atoms with Crippen molar-refractivity contribution in [3.05, 3.63) is 48.6 Å². The molecule has 0 saturated heterocycles. The van der Waals surface area contributed by atoms with Crippen molar-refractivity contribution >= 4 is 41.5 Å². The molecule has 12 N–H and O–H groups in total. The maximum Gasteiger partial charge on any atom is 0.326 e. The summed E-state index contributed by atoms with van der Waals surface area (Å²) in [7, 11) is 0. The van der Waals surface area contributed by atoms with Crippen LogP contribution in [0.2, 0.25) is 0 Å². The van der Waals surface area contributed by atoms with Crippen LogP contribution in [0.1, 0.15) is 58.9 Å². The summed E-state index contributed by atoms with van der Waals surface area (Å²) in [6, 6.07) is 3.59. The zero-order chi connectivity index (χ0) is 37.1. The van der Waals surface area contributed by atoms with Gasteiger partial charge in [0.1, 0.15) is 24.2 Å². The highest BCUT2D eigenvalue weighted by atomic mass is 16.4. The molecule has 16 heteroatoms. The lowest BCUT2D eigenvalue weighted by Gasteiger charge is -2.26. The number of aliphatic carboxylic acids is 1. The highest BCUT2D eigenvalue weighted by Gasteiger charge is 2.31. The zero-order valence-corrected chi connectivity index (χ0v) is 28.7. The quantitative estimate of drug-likeness (QED) is 0.0311. The molecule has 16 nitrogen and oxygen atoms in total.